The quantitative estimate of drug-likeness (QED) is 0.317. The van der Waals surface area contributed by atoms with Gasteiger partial charge in [-0.05, 0) is 56.5 Å². The highest BCUT2D eigenvalue weighted by atomic mass is 16.6. The van der Waals surface area contributed by atoms with Crippen molar-refractivity contribution >= 4 is 28.9 Å². The average molecular weight is 463 g/mol. The van der Waals surface area contributed by atoms with Crippen molar-refractivity contribution in [2.24, 2.45) is 0 Å². The molecule has 1 fully saturated rings. The molecule has 0 aliphatic carbocycles. The molecule has 2 heterocycles. The molecule has 0 spiro atoms. The summed E-state index contributed by atoms with van der Waals surface area (Å²) in [6.45, 7) is 3.58. The van der Waals surface area contributed by atoms with E-state index < -0.39 is 16.8 Å². The summed E-state index contributed by atoms with van der Waals surface area (Å²) >= 11 is 0. The van der Waals surface area contributed by atoms with Crippen LogP contribution in [0.15, 0.2) is 54.7 Å². The van der Waals surface area contributed by atoms with E-state index in [0.29, 0.717) is 17.1 Å². The minimum atomic E-state index is -0.512. The predicted octanol–water partition coefficient (Wildman–Crippen LogP) is 4.20. The van der Waals surface area contributed by atoms with Gasteiger partial charge in [-0.3, -0.25) is 14.9 Å². The molecule has 2 aromatic carbocycles. The number of ether oxygens (including phenoxy) is 1. The number of esters is 1. The highest BCUT2D eigenvalue weighted by Crippen LogP contribution is 2.29. The SMILES string of the molecule is CCOC(=O)c1ccn(-c2cccc(NC(=O)c3cc([N+](=O)[O-])ccc3N3CCCCC3)c2)n1. The topological polar surface area (TPSA) is 120 Å². The number of piperidine rings is 1. The van der Waals surface area contributed by atoms with Gasteiger partial charge in [0.25, 0.3) is 11.6 Å². The first kappa shape index (κ1) is 23.0. The van der Waals surface area contributed by atoms with Crippen molar-refractivity contribution in [2.75, 3.05) is 29.9 Å². The Bertz CT molecular complexity index is 1220. The number of aromatic nitrogens is 2. The van der Waals surface area contributed by atoms with Gasteiger partial charge < -0.3 is 15.0 Å². The second-order valence-electron chi connectivity index (χ2n) is 7.88. The third-order valence-electron chi connectivity index (χ3n) is 5.57. The second-order valence-corrected chi connectivity index (χ2v) is 7.88. The number of anilines is 2. The second kappa shape index (κ2) is 10.2. The van der Waals surface area contributed by atoms with Crippen molar-refractivity contribution in [1.29, 1.82) is 0 Å². The molecule has 1 aliphatic rings. The van der Waals surface area contributed by atoms with E-state index in [1.165, 1.54) is 16.8 Å². The summed E-state index contributed by atoms with van der Waals surface area (Å²) in [5.74, 6) is -0.948. The summed E-state index contributed by atoms with van der Waals surface area (Å²) in [7, 11) is 0. The summed E-state index contributed by atoms with van der Waals surface area (Å²) < 4.78 is 6.47. The van der Waals surface area contributed by atoms with Gasteiger partial charge in [-0.1, -0.05) is 6.07 Å². The van der Waals surface area contributed by atoms with Gasteiger partial charge >= 0.3 is 5.97 Å². The standard InChI is InChI=1S/C24H25N5O5/c1-2-34-24(31)21-11-14-28(26-21)18-8-6-7-17(15-18)25-23(30)20-16-19(29(32)33)9-10-22(20)27-12-4-3-5-13-27/h6-11,14-16H,2-5,12-13H2,1H3,(H,25,30). The lowest BCUT2D eigenvalue weighted by molar-refractivity contribution is -0.384. The number of hydrogen-bond acceptors (Lipinski definition) is 7. The Morgan fingerprint density at radius 3 is 2.65 bits per heavy atom. The van der Waals surface area contributed by atoms with Crippen LogP contribution in [0.4, 0.5) is 17.1 Å². The Morgan fingerprint density at radius 2 is 1.91 bits per heavy atom. The minimum absolute atomic E-state index is 0.136. The maximum atomic E-state index is 13.2. The Kier molecular flexibility index (Phi) is 6.86. The van der Waals surface area contributed by atoms with E-state index in [2.05, 4.69) is 15.3 Å². The van der Waals surface area contributed by atoms with Gasteiger partial charge in [0.2, 0.25) is 0 Å². The van der Waals surface area contributed by atoms with Crippen molar-refractivity contribution in [2.45, 2.75) is 26.2 Å². The fraction of sp³-hybridized carbons (Fsp3) is 0.292. The highest BCUT2D eigenvalue weighted by molar-refractivity contribution is 6.08. The number of rotatable bonds is 7. The zero-order chi connectivity index (χ0) is 24.1. The fourth-order valence-electron chi connectivity index (χ4n) is 3.94. The predicted molar refractivity (Wildman–Crippen MR) is 127 cm³/mol. The fourth-order valence-corrected chi connectivity index (χ4v) is 3.94. The van der Waals surface area contributed by atoms with Gasteiger partial charge in [-0.25, -0.2) is 9.48 Å². The maximum absolute atomic E-state index is 13.2. The third-order valence-corrected chi connectivity index (χ3v) is 5.57. The van der Waals surface area contributed by atoms with Crippen LogP contribution < -0.4 is 10.2 Å². The van der Waals surface area contributed by atoms with Crippen LogP contribution in [0.5, 0.6) is 0 Å². The molecule has 1 aromatic heterocycles. The van der Waals surface area contributed by atoms with Crippen molar-refractivity contribution in [3.05, 3.63) is 76.1 Å². The van der Waals surface area contributed by atoms with Crippen molar-refractivity contribution in [3.8, 4) is 5.69 Å². The number of non-ortho nitro benzene ring substituents is 1. The summed E-state index contributed by atoms with van der Waals surface area (Å²) in [6.07, 6.45) is 4.78. The normalized spacial score (nSPS) is 13.4. The smallest absolute Gasteiger partial charge is 0.358 e. The molecule has 1 aliphatic heterocycles. The number of hydrogen-bond donors (Lipinski definition) is 1. The van der Waals surface area contributed by atoms with Crippen LogP contribution in [0, 0.1) is 10.1 Å². The molecule has 0 saturated carbocycles. The molecule has 4 rings (SSSR count). The van der Waals surface area contributed by atoms with Crippen LogP contribution >= 0.6 is 0 Å². The Hall–Kier alpha value is -4.21. The minimum Gasteiger partial charge on any atom is -0.461 e. The van der Waals surface area contributed by atoms with E-state index in [1.807, 2.05) is 0 Å². The lowest BCUT2D eigenvalue weighted by Crippen LogP contribution is -2.31. The summed E-state index contributed by atoms with van der Waals surface area (Å²) in [5, 5.41) is 18.4. The number of amides is 1. The van der Waals surface area contributed by atoms with E-state index >= 15 is 0 Å². The number of carbonyl (C=O) groups is 2. The molecule has 1 amide bonds. The van der Waals surface area contributed by atoms with Crippen LogP contribution in [0.3, 0.4) is 0 Å². The lowest BCUT2D eigenvalue weighted by atomic mass is 10.1. The molecule has 0 atom stereocenters. The van der Waals surface area contributed by atoms with Gasteiger partial charge in [0, 0.05) is 37.1 Å². The van der Waals surface area contributed by atoms with Crippen LogP contribution in [0.1, 0.15) is 47.0 Å². The third kappa shape index (κ3) is 5.06. The summed E-state index contributed by atoms with van der Waals surface area (Å²) in [4.78, 5) is 38.0. The first-order chi connectivity index (χ1) is 16.5. The largest absolute Gasteiger partial charge is 0.461 e. The molecule has 10 heteroatoms. The van der Waals surface area contributed by atoms with E-state index in [9.17, 15) is 19.7 Å². The van der Waals surface area contributed by atoms with Crippen LogP contribution in [-0.2, 0) is 4.74 Å². The summed E-state index contributed by atoms with van der Waals surface area (Å²) in [6, 6.07) is 12.9. The molecule has 10 nitrogen and oxygen atoms in total. The van der Waals surface area contributed by atoms with Gasteiger partial charge in [0.05, 0.1) is 28.5 Å². The van der Waals surface area contributed by atoms with Gasteiger partial charge in [-0.15, -0.1) is 0 Å². The molecule has 1 N–H and O–H groups in total. The number of carbonyl (C=O) groups excluding carboxylic acids is 2. The van der Waals surface area contributed by atoms with Crippen molar-refractivity contribution < 1.29 is 19.2 Å². The highest BCUT2D eigenvalue weighted by Gasteiger charge is 2.22. The Labute approximate surface area is 196 Å². The number of nitro benzene ring substituents is 1. The molecule has 176 valence electrons. The molecule has 0 bridgehead atoms. The number of nitrogens with zero attached hydrogens (tertiary/aromatic N) is 4. The molecular weight excluding hydrogens is 438 g/mol. The molecule has 0 unspecified atom stereocenters. The van der Waals surface area contributed by atoms with E-state index in [4.69, 9.17) is 4.74 Å². The molecule has 1 saturated heterocycles. The zero-order valence-corrected chi connectivity index (χ0v) is 18.8. The van der Waals surface area contributed by atoms with E-state index in [-0.39, 0.29) is 23.6 Å². The van der Waals surface area contributed by atoms with Gasteiger partial charge in [0.1, 0.15) is 0 Å². The number of nitro groups is 1. The molecule has 0 radical (unpaired) electrons. The van der Waals surface area contributed by atoms with Crippen LogP contribution in [0.25, 0.3) is 5.69 Å². The van der Waals surface area contributed by atoms with E-state index in [1.54, 1.807) is 49.5 Å². The molecule has 34 heavy (non-hydrogen) atoms. The van der Waals surface area contributed by atoms with Crippen LogP contribution in [0.2, 0.25) is 0 Å². The first-order valence-corrected chi connectivity index (χ1v) is 11.1. The zero-order valence-electron chi connectivity index (χ0n) is 18.8. The Morgan fingerprint density at radius 1 is 1.12 bits per heavy atom. The number of nitrogens with one attached hydrogen (secondary N) is 1. The first-order valence-electron chi connectivity index (χ1n) is 11.1. The summed E-state index contributed by atoms with van der Waals surface area (Å²) in [5.41, 5.74) is 2.10. The number of benzene rings is 2. The van der Waals surface area contributed by atoms with Crippen molar-refractivity contribution in [1.82, 2.24) is 9.78 Å². The lowest BCUT2D eigenvalue weighted by Gasteiger charge is -2.30. The van der Waals surface area contributed by atoms with Crippen LogP contribution in [-0.4, -0.2) is 46.3 Å². The Balaban J connectivity index is 1.59. The van der Waals surface area contributed by atoms with Gasteiger partial charge in [-0.2, -0.15) is 5.10 Å². The average Bonchev–Trinajstić information content (AvgIpc) is 3.35. The van der Waals surface area contributed by atoms with Gasteiger partial charge in [0.15, 0.2) is 5.69 Å². The maximum Gasteiger partial charge on any atom is 0.358 e. The monoisotopic (exact) mass is 463 g/mol. The van der Waals surface area contributed by atoms with E-state index in [0.717, 1.165) is 32.4 Å². The molecular formula is C24H25N5O5. The van der Waals surface area contributed by atoms with Crippen molar-refractivity contribution in [3.63, 3.8) is 0 Å². The molecule has 3 aromatic rings.